The van der Waals surface area contributed by atoms with Gasteiger partial charge in [-0.25, -0.2) is 9.07 Å². The van der Waals surface area contributed by atoms with Crippen LogP contribution >= 0.6 is 0 Å². The number of tetrazole rings is 1. The Bertz CT molecular complexity index is 1640. The Balaban J connectivity index is 1.54. The Kier molecular flexibility index (Phi) is 7.65. The Hall–Kier alpha value is -4.17. The van der Waals surface area contributed by atoms with Crippen molar-refractivity contribution in [1.82, 2.24) is 30.1 Å². The SMILES string of the molecule is CCC(c1nnnn1Cc1ccc(F)cc1)N(Cc1ccc(C)cc1)Cc1cc2c(C)ccc(C)c2[nH]c1=O. The summed E-state index contributed by atoms with van der Waals surface area (Å²) in [5.41, 5.74) is 6.88. The van der Waals surface area contributed by atoms with E-state index in [0.29, 0.717) is 31.0 Å². The fraction of sp³-hybridized carbons (Fsp3) is 0.290. The van der Waals surface area contributed by atoms with Crippen LogP contribution in [-0.4, -0.2) is 30.1 Å². The molecule has 1 N–H and O–H groups in total. The van der Waals surface area contributed by atoms with Gasteiger partial charge in [0.15, 0.2) is 5.82 Å². The van der Waals surface area contributed by atoms with Gasteiger partial charge in [-0.2, -0.15) is 0 Å². The lowest BCUT2D eigenvalue weighted by atomic mass is 10.0. The second-order valence-electron chi connectivity index (χ2n) is 10.2. The van der Waals surface area contributed by atoms with Crippen molar-refractivity contribution in [2.24, 2.45) is 0 Å². The van der Waals surface area contributed by atoms with Crippen molar-refractivity contribution in [3.05, 3.63) is 122 Å². The van der Waals surface area contributed by atoms with Crippen molar-refractivity contribution in [1.29, 1.82) is 0 Å². The molecule has 2 heterocycles. The van der Waals surface area contributed by atoms with E-state index in [1.54, 1.807) is 16.8 Å². The van der Waals surface area contributed by atoms with Crippen LogP contribution in [0, 0.1) is 26.6 Å². The zero-order valence-electron chi connectivity index (χ0n) is 22.8. The summed E-state index contributed by atoms with van der Waals surface area (Å²) < 4.78 is 15.2. The average Bonchev–Trinajstić information content (AvgIpc) is 3.37. The number of hydrogen-bond donors (Lipinski definition) is 1. The maximum Gasteiger partial charge on any atom is 0.252 e. The summed E-state index contributed by atoms with van der Waals surface area (Å²) in [5.74, 6) is 0.426. The first-order valence-corrected chi connectivity index (χ1v) is 13.2. The smallest absolute Gasteiger partial charge is 0.252 e. The summed E-state index contributed by atoms with van der Waals surface area (Å²) in [6, 6.07) is 20.8. The van der Waals surface area contributed by atoms with Crippen LogP contribution in [0.1, 0.15) is 58.6 Å². The van der Waals surface area contributed by atoms with Crippen molar-refractivity contribution in [3.63, 3.8) is 0 Å². The molecule has 0 amide bonds. The molecular formula is C31H33FN6O. The maximum atomic E-state index is 13.5. The molecule has 39 heavy (non-hydrogen) atoms. The van der Waals surface area contributed by atoms with Gasteiger partial charge >= 0.3 is 0 Å². The molecule has 0 aliphatic carbocycles. The molecule has 0 bridgehead atoms. The third-order valence-corrected chi connectivity index (χ3v) is 7.33. The highest BCUT2D eigenvalue weighted by molar-refractivity contribution is 5.85. The minimum absolute atomic E-state index is 0.0918. The van der Waals surface area contributed by atoms with Gasteiger partial charge in [-0.1, -0.05) is 61.0 Å². The number of halogens is 1. The number of nitrogens with one attached hydrogen (secondary N) is 1. The van der Waals surface area contributed by atoms with E-state index in [4.69, 9.17) is 0 Å². The highest BCUT2D eigenvalue weighted by Gasteiger charge is 2.26. The van der Waals surface area contributed by atoms with Crippen LogP contribution in [0.5, 0.6) is 0 Å². The predicted molar refractivity (Wildman–Crippen MR) is 151 cm³/mol. The fourth-order valence-electron chi connectivity index (χ4n) is 5.09. The van der Waals surface area contributed by atoms with Crippen molar-refractivity contribution in [2.75, 3.05) is 0 Å². The Labute approximate surface area is 227 Å². The van der Waals surface area contributed by atoms with Crippen LogP contribution < -0.4 is 5.56 Å². The number of aromatic nitrogens is 5. The normalized spacial score (nSPS) is 12.4. The van der Waals surface area contributed by atoms with Gasteiger partial charge in [0, 0.05) is 24.0 Å². The fourth-order valence-corrected chi connectivity index (χ4v) is 5.09. The average molecular weight is 525 g/mol. The summed E-state index contributed by atoms with van der Waals surface area (Å²) >= 11 is 0. The van der Waals surface area contributed by atoms with E-state index < -0.39 is 0 Å². The first-order chi connectivity index (χ1) is 18.8. The number of fused-ring (bicyclic) bond motifs is 1. The van der Waals surface area contributed by atoms with Gasteiger partial charge < -0.3 is 4.98 Å². The second-order valence-corrected chi connectivity index (χ2v) is 10.2. The summed E-state index contributed by atoms with van der Waals surface area (Å²) in [4.78, 5) is 18.7. The predicted octanol–water partition coefficient (Wildman–Crippen LogP) is 5.78. The second kappa shape index (κ2) is 11.3. The molecule has 0 saturated heterocycles. The maximum absolute atomic E-state index is 13.5. The molecule has 0 spiro atoms. The van der Waals surface area contributed by atoms with E-state index >= 15 is 0 Å². The lowest BCUT2D eigenvalue weighted by Gasteiger charge is -2.30. The first-order valence-electron chi connectivity index (χ1n) is 13.2. The van der Waals surface area contributed by atoms with Crippen LogP contribution in [0.4, 0.5) is 4.39 Å². The van der Waals surface area contributed by atoms with Crippen molar-refractivity contribution >= 4 is 10.9 Å². The highest BCUT2D eigenvalue weighted by atomic mass is 19.1. The highest BCUT2D eigenvalue weighted by Crippen LogP contribution is 2.28. The van der Waals surface area contributed by atoms with E-state index in [-0.39, 0.29) is 17.4 Å². The number of nitrogens with zero attached hydrogens (tertiary/aromatic N) is 5. The van der Waals surface area contributed by atoms with E-state index in [0.717, 1.165) is 39.6 Å². The monoisotopic (exact) mass is 524 g/mol. The molecule has 200 valence electrons. The third-order valence-electron chi connectivity index (χ3n) is 7.33. The summed E-state index contributed by atoms with van der Waals surface area (Å²) in [6.45, 7) is 9.70. The van der Waals surface area contributed by atoms with Gasteiger partial charge in [0.2, 0.25) is 0 Å². The molecule has 7 nitrogen and oxygen atoms in total. The molecule has 0 aliphatic rings. The summed E-state index contributed by atoms with van der Waals surface area (Å²) in [5, 5.41) is 13.7. The number of H-pyrrole nitrogens is 1. The van der Waals surface area contributed by atoms with Crippen LogP contribution in [0.25, 0.3) is 10.9 Å². The van der Waals surface area contributed by atoms with Crippen molar-refractivity contribution in [2.45, 2.75) is 59.8 Å². The number of benzene rings is 3. The van der Waals surface area contributed by atoms with Crippen LogP contribution in [-0.2, 0) is 19.6 Å². The van der Waals surface area contributed by atoms with Crippen LogP contribution in [0.3, 0.4) is 0 Å². The van der Waals surface area contributed by atoms with Gasteiger partial charge in [-0.05, 0) is 78.1 Å². The molecule has 0 radical (unpaired) electrons. The van der Waals surface area contributed by atoms with E-state index in [1.165, 1.54) is 17.7 Å². The largest absolute Gasteiger partial charge is 0.321 e. The van der Waals surface area contributed by atoms with Gasteiger partial charge in [-0.15, -0.1) is 5.10 Å². The molecule has 5 rings (SSSR count). The molecule has 5 aromatic rings. The number of hydrogen-bond acceptors (Lipinski definition) is 5. The van der Waals surface area contributed by atoms with E-state index in [2.05, 4.69) is 76.5 Å². The van der Waals surface area contributed by atoms with E-state index in [9.17, 15) is 9.18 Å². The molecular weight excluding hydrogens is 491 g/mol. The van der Waals surface area contributed by atoms with Gasteiger partial charge in [0.05, 0.1) is 18.1 Å². The first kappa shape index (κ1) is 26.4. The van der Waals surface area contributed by atoms with Crippen molar-refractivity contribution < 1.29 is 4.39 Å². The molecule has 1 unspecified atom stereocenters. The zero-order valence-corrected chi connectivity index (χ0v) is 22.8. The van der Waals surface area contributed by atoms with Crippen molar-refractivity contribution in [3.8, 4) is 0 Å². The third kappa shape index (κ3) is 5.81. The Morgan fingerprint density at radius 2 is 1.62 bits per heavy atom. The molecule has 0 saturated carbocycles. The number of aromatic amines is 1. The molecule has 8 heteroatoms. The van der Waals surface area contributed by atoms with Crippen LogP contribution in [0.2, 0.25) is 0 Å². The molecule has 2 aromatic heterocycles. The van der Waals surface area contributed by atoms with Gasteiger partial charge in [0.25, 0.3) is 5.56 Å². The zero-order chi connectivity index (χ0) is 27.5. The minimum atomic E-state index is -0.280. The van der Waals surface area contributed by atoms with Gasteiger partial charge in [0.1, 0.15) is 5.82 Å². The topological polar surface area (TPSA) is 79.7 Å². The number of aryl methyl sites for hydroxylation is 3. The standard InChI is InChI=1S/C31H33FN6O/c1-5-28(30-34-35-36-38(30)18-24-12-14-26(32)15-13-24)37(17-23-10-6-20(2)7-11-23)19-25-16-27-21(3)8-9-22(4)29(27)33-31(25)39/h6-16,28H,5,17-19H2,1-4H3,(H,33,39). The lowest BCUT2D eigenvalue weighted by Crippen LogP contribution is -2.32. The minimum Gasteiger partial charge on any atom is -0.321 e. The Morgan fingerprint density at radius 3 is 2.33 bits per heavy atom. The Morgan fingerprint density at radius 1 is 0.923 bits per heavy atom. The molecule has 0 aliphatic heterocycles. The number of pyridine rings is 1. The molecule has 0 fully saturated rings. The van der Waals surface area contributed by atoms with Crippen LogP contribution in [0.15, 0.2) is 71.5 Å². The van der Waals surface area contributed by atoms with E-state index in [1.807, 2.05) is 19.1 Å². The number of rotatable bonds is 9. The summed E-state index contributed by atoms with van der Waals surface area (Å²) in [7, 11) is 0. The quantitative estimate of drug-likeness (QED) is 0.264. The molecule has 3 aromatic carbocycles. The van der Waals surface area contributed by atoms with Gasteiger partial charge in [-0.3, -0.25) is 9.69 Å². The summed E-state index contributed by atoms with van der Waals surface area (Å²) in [6.07, 6.45) is 0.735. The molecule has 1 atom stereocenters. The lowest BCUT2D eigenvalue weighted by molar-refractivity contribution is 0.161.